The van der Waals surface area contributed by atoms with E-state index in [9.17, 15) is 9.59 Å². The molecule has 2 N–H and O–H groups in total. The van der Waals surface area contributed by atoms with Gasteiger partial charge in [-0.05, 0) is 5.92 Å². The van der Waals surface area contributed by atoms with Crippen molar-refractivity contribution in [3.05, 3.63) is 0 Å². The second-order valence-electron chi connectivity index (χ2n) is 4.46. The van der Waals surface area contributed by atoms with Gasteiger partial charge >= 0.3 is 5.97 Å². The van der Waals surface area contributed by atoms with Gasteiger partial charge in [0.2, 0.25) is 0 Å². The normalized spacial score (nSPS) is 22.9. The van der Waals surface area contributed by atoms with Crippen LogP contribution in [0.5, 0.6) is 0 Å². The maximum Gasteiger partial charge on any atom is 0.328 e. The molecule has 6 nitrogen and oxygen atoms in total. The lowest BCUT2D eigenvalue weighted by atomic mass is 9.99. The van der Waals surface area contributed by atoms with Crippen LogP contribution in [0.15, 0.2) is 0 Å². The van der Waals surface area contributed by atoms with Gasteiger partial charge in [-0.25, -0.2) is 4.79 Å². The van der Waals surface area contributed by atoms with Crippen LogP contribution in [-0.4, -0.2) is 50.8 Å². The molecule has 6 heteroatoms. The summed E-state index contributed by atoms with van der Waals surface area (Å²) in [5.41, 5.74) is 0. The van der Waals surface area contributed by atoms with Gasteiger partial charge < -0.3 is 20.1 Å². The first-order valence-electron chi connectivity index (χ1n) is 6.30. The number of carbonyl (C=O) groups excluding carboxylic acids is 2. The van der Waals surface area contributed by atoms with Gasteiger partial charge in [0.1, 0.15) is 12.1 Å². The van der Waals surface area contributed by atoms with E-state index in [1.54, 1.807) is 0 Å². The van der Waals surface area contributed by atoms with Gasteiger partial charge in [-0.2, -0.15) is 0 Å². The molecule has 1 heterocycles. The van der Waals surface area contributed by atoms with Crippen LogP contribution in [0.25, 0.3) is 0 Å². The first kappa shape index (κ1) is 14.9. The van der Waals surface area contributed by atoms with E-state index in [4.69, 9.17) is 9.47 Å². The van der Waals surface area contributed by atoms with Crippen LogP contribution in [0.4, 0.5) is 0 Å². The van der Waals surface area contributed by atoms with Gasteiger partial charge in [-0.3, -0.25) is 4.79 Å². The average Bonchev–Trinajstić information content (AvgIpc) is 2.43. The van der Waals surface area contributed by atoms with E-state index in [2.05, 4.69) is 10.6 Å². The molecule has 0 aliphatic carbocycles. The van der Waals surface area contributed by atoms with Crippen LogP contribution >= 0.6 is 0 Å². The van der Waals surface area contributed by atoms with Crippen molar-refractivity contribution in [2.45, 2.75) is 32.4 Å². The van der Waals surface area contributed by atoms with E-state index in [0.717, 1.165) is 13.0 Å². The van der Waals surface area contributed by atoms with E-state index in [1.807, 2.05) is 13.8 Å². The maximum absolute atomic E-state index is 12.0. The molecule has 0 aromatic carbocycles. The minimum Gasteiger partial charge on any atom is -0.467 e. The van der Waals surface area contributed by atoms with Crippen LogP contribution in [0.3, 0.4) is 0 Å². The summed E-state index contributed by atoms with van der Waals surface area (Å²) < 4.78 is 10.1. The van der Waals surface area contributed by atoms with E-state index >= 15 is 0 Å². The summed E-state index contributed by atoms with van der Waals surface area (Å²) in [5, 5.41) is 5.78. The van der Waals surface area contributed by atoms with Gasteiger partial charge in [0.15, 0.2) is 0 Å². The molecule has 0 aromatic rings. The number of morpholine rings is 1. The highest BCUT2D eigenvalue weighted by Gasteiger charge is 2.30. The molecule has 1 fully saturated rings. The second kappa shape index (κ2) is 7.33. The Labute approximate surface area is 107 Å². The first-order chi connectivity index (χ1) is 8.60. The van der Waals surface area contributed by atoms with Crippen molar-refractivity contribution in [2.75, 3.05) is 26.8 Å². The number of ether oxygens (including phenoxy) is 2. The van der Waals surface area contributed by atoms with Crippen LogP contribution < -0.4 is 10.6 Å². The molecule has 1 rings (SSSR count). The van der Waals surface area contributed by atoms with Crippen LogP contribution in [0.1, 0.15) is 20.3 Å². The Morgan fingerprint density at radius 1 is 1.56 bits per heavy atom. The monoisotopic (exact) mass is 258 g/mol. The Morgan fingerprint density at radius 3 is 2.78 bits per heavy atom. The average molecular weight is 258 g/mol. The fourth-order valence-corrected chi connectivity index (χ4v) is 1.78. The molecule has 1 aliphatic rings. The van der Waals surface area contributed by atoms with Crippen LogP contribution in [0, 0.1) is 5.92 Å². The third kappa shape index (κ3) is 3.96. The highest BCUT2D eigenvalue weighted by Crippen LogP contribution is 2.10. The minimum absolute atomic E-state index is 0.0259. The molecule has 0 aromatic heterocycles. The Hall–Kier alpha value is -1.14. The van der Waals surface area contributed by atoms with Crippen molar-refractivity contribution in [1.82, 2.24) is 10.6 Å². The molecule has 18 heavy (non-hydrogen) atoms. The fourth-order valence-electron chi connectivity index (χ4n) is 1.78. The zero-order chi connectivity index (χ0) is 13.5. The van der Waals surface area contributed by atoms with E-state index < -0.39 is 18.1 Å². The molecule has 1 aliphatic heterocycles. The maximum atomic E-state index is 12.0. The van der Waals surface area contributed by atoms with Crippen LogP contribution in [-0.2, 0) is 19.1 Å². The number of rotatable bonds is 5. The number of hydrogen-bond donors (Lipinski definition) is 2. The number of nitrogens with one attached hydrogen (secondary N) is 2. The number of carbonyl (C=O) groups is 2. The summed E-state index contributed by atoms with van der Waals surface area (Å²) in [7, 11) is 1.32. The zero-order valence-electron chi connectivity index (χ0n) is 11.2. The second-order valence-corrected chi connectivity index (χ2v) is 4.46. The minimum atomic E-state index is -0.613. The van der Waals surface area contributed by atoms with Gasteiger partial charge in [0.25, 0.3) is 5.91 Å². The summed E-state index contributed by atoms with van der Waals surface area (Å²) in [6, 6.07) is -0.613. The molecule has 0 radical (unpaired) electrons. The quantitative estimate of drug-likeness (QED) is 0.661. The predicted molar refractivity (Wildman–Crippen MR) is 66.0 cm³/mol. The Morgan fingerprint density at radius 2 is 2.28 bits per heavy atom. The highest BCUT2D eigenvalue weighted by molar-refractivity contribution is 5.87. The summed E-state index contributed by atoms with van der Waals surface area (Å²) in [4.78, 5) is 23.6. The van der Waals surface area contributed by atoms with Crippen LogP contribution in [0.2, 0.25) is 0 Å². The largest absolute Gasteiger partial charge is 0.467 e. The van der Waals surface area contributed by atoms with Crippen molar-refractivity contribution >= 4 is 11.9 Å². The molecular formula is C12H22N2O4. The molecule has 0 saturated carbocycles. The number of methoxy groups -OCH3 is 1. The third-order valence-corrected chi connectivity index (χ3v) is 3.19. The lowest BCUT2D eigenvalue weighted by molar-refractivity contribution is -0.149. The Bertz CT molecular complexity index is 290. The van der Waals surface area contributed by atoms with E-state index in [-0.39, 0.29) is 11.8 Å². The van der Waals surface area contributed by atoms with Gasteiger partial charge in [0, 0.05) is 13.1 Å². The van der Waals surface area contributed by atoms with Crippen molar-refractivity contribution in [3.63, 3.8) is 0 Å². The predicted octanol–water partition coefficient (Wildman–Crippen LogP) is -0.321. The van der Waals surface area contributed by atoms with Crippen molar-refractivity contribution in [1.29, 1.82) is 0 Å². The number of hydrogen-bond acceptors (Lipinski definition) is 5. The van der Waals surface area contributed by atoms with E-state index in [0.29, 0.717) is 13.2 Å². The number of esters is 1. The molecule has 0 bridgehead atoms. The molecule has 3 atom stereocenters. The summed E-state index contributed by atoms with van der Waals surface area (Å²) in [5.74, 6) is -0.655. The van der Waals surface area contributed by atoms with Gasteiger partial charge in [-0.15, -0.1) is 0 Å². The highest BCUT2D eigenvalue weighted by atomic mass is 16.5. The van der Waals surface area contributed by atoms with Gasteiger partial charge in [0.05, 0.1) is 13.7 Å². The third-order valence-electron chi connectivity index (χ3n) is 3.19. The molecular weight excluding hydrogens is 236 g/mol. The molecule has 3 unspecified atom stereocenters. The fraction of sp³-hybridized carbons (Fsp3) is 0.833. The topological polar surface area (TPSA) is 76.7 Å². The lowest BCUT2D eigenvalue weighted by Gasteiger charge is -2.27. The molecule has 1 amide bonds. The number of amides is 1. The summed E-state index contributed by atoms with van der Waals surface area (Å²) >= 11 is 0. The van der Waals surface area contributed by atoms with Crippen molar-refractivity contribution < 1.29 is 19.1 Å². The zero-order valence-corrected chi connectivity index (χ0v) is 11.2. The SMILES string of the molecule is CCC(C)C(NC(=O)C1CNCCO1)C(=O)OC. The lowest BCUT2D eigenvalue weighted by Crippen LogP contribution is -2.53. The van der Waals surface area contributed by atoms with E-state index in [1.165, 1.54) is 7.11 Å². The molecule has 104 valence electrons. The molecule has 1 saturated heterocycles. The molecule has 0 spiro atoms. The summed E-state index contributed by atoms with van der Waals surface area (Å²) in [6.45, 7) is 5.59. The standard InChI is InChI=1S/C12H22N2O4/c1-4-8(2)10(12(16)17-3)14-11(15)9-7-13-5-6-18-9/h8-10,13H,4-7H2,1-3H3,(H,14,15). The smallest absolute Gasteiger partial charge is 0.328 e. The Kier molecular flexibility index (Phi) is 6.07. The summed E-state index contributed by atoms with van der Waals surface area (Å²) in [6.07, 6.45) is 0.249. The Balaban J connectivity index is 2.58. The van der Waals surface area contributed by atoms with Gasteiger partial charge in [-0.1, -0.05) is 20.3 Å². The van der Waals surface area contributed by atoms with Crippen molar-refractivity contribution in [3.8, 4) is 0 Å². The first-order valence-corrected chi connectivity index (χ1v) is 6.30. The van der Waals surface area contributed by atoms with Crippen molar-refractivity contribution in [2.24, 2.45) is 5.92 Å².